The Hall–Kier alpha value is -1.82. The molecule has 5 nitrogen and oxygen atoms in total. The zero-order valence-electron chi connectivity index (χ0n) is 10.7. The fraction of sp³-hybridized carbons (Fsp3) is 0.462. The number of nitrogen functional groups attached to an aromatic ring is 1. The second-order valence-corrected chi connectivity index (χ2v) is 5.02. The van der Waals surface area contributed by atoms with Gasteiger partial charge in [-0.05, 0) is 31.9 Å². The van der Waals surface area contributed by atoms with Crippen molar-refractivity contribution in [3.63, 3.8) is 0 Å². The summed E-state index contributed by atoms with van der Waals surface area (Å²) in [4.78, 5) is 10.8. The minimum absolute atomic E-state index is 0.219. The summed E-state index contributed by atoms with van der Waals surface area (Å²) in [6.45, 7) is 3.29. The van der Waals surface area contributed by atoms with E-state index in [1.165, 1.54) is 0 Å². The lowest BCUT2D eigenvalue weighted by molar-refractivity contribution is 0.0658. The van der Waals surface area contributed by atoms with Crippen molar-refractivity contribution in [1.82, 2.24) is 0 Å². The van der Waals surface area contributed by atoms with Gasteiger partial charge in [0.25, 0.3) is 0 Å². The van der Waals surface area contributed by atoms with Crippen molar-refractivity contribution in [3.8, 4) is 0 Å². The fourth-order valence-corrected chi connectivity index (χ4v) is 2.13. The van der Waals surface area contributed by atoms with Gasteiger partial charge < -0.3 is 20.9 Å². The molecule has 4 N–H and O–H groups in total. The topological polar surface area (TPSA) is 84.6 Å². The first-order chi connectivity index (χ1) is 8.91. The zero-order chi connectivity index (χ0) is 14.0. The number of nitrogens with two attached hydrogens (primary N) is 1. The van der Waals surface area contributed by atoms with Gasteiger partial charge in [0, 0.05) is 18.8 Å². The van der Waals surface area contributed by atoms with Gasteiger partial charge in [0.15, 0.2) is 0 Å². The minimum atomic E-state index is -1.33. The molecular formula is C13H17FN2O3. The number of aromatic carboxylic acids is 1. The van der Waals surface area contributed by atoms with E-state index in [1.807, 2.05) is 6.92 Å². The molecule has 1 fully saturated rings. The lowest BCUT2D eigenvalue weighted by atomic mass is 9.92. The van der Waals surface area contributed by atoms with E-state index in [-0.39, 0.29) is 11.2 Å². The van der Waals surface area contributed by atoms with Crippen LogP contribution in [-0.2, 0) is 4.74 Å². The van der Waals surface area contributed by atoms with E-state index in [0.717, 1.165) is 25.0 Å². The number of carboxylic acids is 1. The Morgan fingerprint density at radius 2 is 2.11 bits per heavy atom. The molecule has 1 aromatic rings. The smallest absolute Gasteiger partial charge is 0.338 e. The molecule has 19 heavy (non-hydrogen) atoms. The van der Waals surface area contributed by atoms with Crippen molar-refractivity contribution in [3.05, 3.63) is 23.5 Å². The standard InChI is InChI=1S/C13H17FN2O3/c1-13(2-4-19-5-3-13)16-11-7-9(14)8(12(17)18)6-10(11)15/h6-7,16H,2-5,15H2,1H3,(H,17,18). The van der Waals surface area contributed by atoms with E-state index in [1.54, 1.807) is 0 Å². The number of hydrogen-bond acceptors (Lipinski definition) is 4. The van der Waals surface area contributed by atoms with Crippen LogP contribution in [0.25, 0.3) is 0 Å². The number of nitrogens with one attached hydrogen (secondary N) is 1. The predicted molar refractivity (Wildman–Crippen MR) is 69.9 cm³/mol. The summed E-state index contributed by atoms with van der Waals surface area (Å²) in [6, 6.07) is 2.28. The number of carbonyl (C=O) groups is 1. The second kappa shape index (κ2) is 5.05. The summed E-state index contributed by atoms with van der Waals surface area (Å²) in [5, 5.41) is 12.0. The van der Waals surface area contributed by atoms with Crippen molar-refractivity contribution in [1.29, 1.82) is 0 Å². The van der Waals surface area contributed by atoms with Crippen LogP contribution in [0, 0.1) is 5.82 Å². The molecule has 0 spiro atoms. The van der Waals surface area contributed by atoms with Crippen molar-refractivity contribution in [2.75, 3.05) is 24.3 Å². The molecule has 0 saturated carbocycles. The van der Waals surface area contributed by atoms with E-state index < -0.39 is 17.3 Å². The average Bonchev–Trinajstić information content (AvgIpc) is 2.33. The van der Waals surface area contributed by atoms with Gasteiger partial charge in [0.05, 0.1) is 16.9 Å². The maximum absolute atomic E-state index is 13.7. The van der Waals surface area contributed by atoms with Crippen LogP contribution in [0.1, 0.15) is 30.1 Å². The summed E-state index contributed by atoms with van der Waals surface area (Å²) in [5.41, 5.74) is 5.80. The number of benzene rings is 1. The Morgan fingerprint density at radius 1 is 1.47 bits per heavy atom. The Labute approximate surface area is 110 Å². The van der Waals surface area contributed by atoms with Crippen LogP contribution in [0.2, 0.25) is 0 Å². The maximum Gasteiger partial charge on any atom is 0.338 e. The van der Waals surface area contributed by atoms with Crippen molar-refractivity contribution >= 4 is 17.3 Å². The van der Waals surface area contributed by atoms with E-state index in [4.69, 9.17) is 15.6 Å². The molecule has 0 radical (unpaired) electrons. The van der Waals surface area contributed by atoms with Gasteiger partial charge in [-0.2, -0.15) is 0 Å². The number of ether oxygens (including phenoxy) is 1. The molecule has 104 valence electrons. The highest BCUT2D eigenvalue weighted by molar-refractivity contribution is 5.90. The summed E-state index contributed by atoms with van der Waals surface area (Å²) in [7, 11) is 0. The molecular weight excluding hydrogens is 251 g/mol. The number of halogens is 1. The van der Waals surface area contributed by atoms with Crippen LogP contribution in [0.4, 0.5) is 15.8 Å². The number of carboxylic acid groups (broad SMARTS) is 1. The summed E-state index contributed by atoms with van der Waals surface area (Å²) < 4.78 is 18.9. The van der Waals surface area contributed by atoms with Crippen LogP contribution in [0.3, 0.4) is 0 Å². The third-order valence-corrected chi connectivity index (χ3v) is 3.40. The lowest BCUT2D eigenvalue weighted by Gasteiger charge is -2.35. The molecule has 0 unspecified atom stereocenters. The van der Waals surface area contributed by atoms with Crippen molar-refractivity contribution in [2.24, 2.45) is 0 Å². The molecule has 0 aromatic heterocycles. The Bertz CT molecular complexity index is 499. The lowest BCUT2D eigenvalue weighted by Crippen LogP contribution is -2.40. The first-order valence-corrected chi connectivity index (χ1v) is 6.09. The molecule has 0 amide bonds. The van der Waals surface area contributed by atoms with Crippen LogP contribution < -0.4 is 11.1 Å². The monoisotopic (exact) mass is 268 g/mol. The van der Waals surface area contributed by atoms with Crippen LogP contribution in [0.5, 0.6) is 0 Å². The molecule has 1 aliphatic heterocycles. The van der Waals surface area contributed by atoms with Crippen LogP contribution in [-0.4, -0.2) is 29.8 Å². The van der Waals surface area contributed by atoms with Gasteiger partial charge in [0.1, 0.15) is 5.82 Å². The van der Waals surface area contributed by atoms with Crippen molar-refractivity contribution in [2.45, 2.75) is 25.3 Å². The summed E-state index contributed by atoms with van der Waals surface area (Å²) >= 11 is 0. The molecule has 0 bridgehead atoms. The number of hydrogen-bond donors (Lipinski definition) is 3. The number of rotatable bonds is 3. The SMILES string of the molecule is CC1(Nc2cc(F)c(C(=O)O)cc2N)CCOCC1. The Kier molecular flexibility index (Phi) is 3.61. The molecule has 1 aliphatic rings. The largest absolute Gasteiger partial charge is 0.478 e. The Balaban J connectivity index is 2.25. The molecule has 0 atom stereocenters. The van der Waals surface area contributed by atoms with Gasteiger partial charge in [-0.3, -0.25) is 0 Å². The van der Waals surface area contributed by atoms with Crippen LogP contribution in [0.15, 0.2) is 12.1 Å². The molecule has 6 heteroatoms. The molecule has 2 rings (SSSR count). The van der Waals surface area contributed by atoms with E-state index >= 15 is 0 Å². The molecule has 0 aliphatic carbocycles. The third-order valence-electron chi connectivity index (χ3n) is 3.40. The average molecular weight is 268 g/mol. The highest BCUT2D eigenvalue weighted by Gasteiger charge is 2.28. The highest BCUT2D eigenvalue weighted by Crippen LogP contribution is 2.30. The van der Waals surface area contributed by atoms with Gasteiger partial charge in [-0.15, -0.1) is 0 Å². The molecule has 1 saturated heterocycles. The zero-order valence-corrected chi connectivity index (χ0v) is 10.7. The van der Waals surface area contributed by atoms with Gasteiger partial charge >= 0.3 is 5.97 Å². The first-order valence-electron chi connectivity index (χ1n) is 6.09. The van der Waals surface area contributed by atoms with E-state index in [0.29, 0.717) is 18.9 Å². The molecule has 1 aromatic carbocycles. The number of anilines is 2. The van der Waals surface area contributed by atoms with Gasteiger partial charge in [-0.25, -0.2) is 9.18 Å². The van der Waals surface area contributed by atoms with E-state index in [9.17, 15) is 9.18 Å². The summed E-state index contributed by atoms with van der Waals surface area (Å²) in [5.74, 6) is -2.12. The van der Waals surface area contributed by atoms with Crippen LogP contribution >= 0.6 is 0 Å². The van der Waals surface area contributed by atoms with Gasteiger partial charge in [0.2, 0.25) is 0 Å². The molecule has 1 heterocycles. The van der Waals surface area contributed by atoms with Gasteiger partial charge in [-0.1, -0.05) is 0 Å². The predicted octanol–water partition coefficient (Wildman–Crippen LogP) is 2.09. The van der Waals surface area contributed by atoms with E-state index in [2.05, 4.69) is 5.32 Å². The normalized spacial score (nSPS) is 18.0. The second-order valence-electron chi connectivity index (χ2n) is 5.02. The Morgan fingerprint density at radius 3 is 2.68 bits per heavy atom. The third kappa shape index (κ3) is 2.96. The maximum atomic E-state index is 13.7. The fourth-order valence-electron chi connectivity index (χ4n) is 2.13. The van der Waals surface area contributed by atoms with Crippen molar-refractivity contribution < 1.29 is 19.0 Å². The summed E-state index contributed by atoms with van der Waals surface area (Å²) in [6.07, 6.45) is 1.57. The first kappa shape index (κ1) is 13.6. The minimum Gasteiger partial charge on any atom is -0.478 e. The quantitative estimate of drug-likeness (QED) is 0.731. The highest BCUT2D eigenvalue weighted by atomic mass is 19.1.